The fourth-order valence-corrected chi connectivity index (χ4v) is 3.65. The number of ether oxygens (including phenoxy) is 1. The Balaban J connectivity index is 3.09. The highest BCUT2D eigenvalue weighted by Gasteiger charge is 2.06. The second kappa shape index (κ2) is 23.0. The van der Waals surface area contributed by atoms with Crippen molar-refractivity contribution < 1.29 is 9.53 Å². The Morgan fingerprint density at radius 1 is 0.655 bits per heavy atom. The molecule has 0 bridgehead atoms. The van der Waals surface area contributed by atoms with Gasteiger partial charge in [-0.1, -0.05) is 135 Å². The van der Waals surface area contributed by atoms with E-state index in [2.05, 4.69) is 13.5 Å². The van der Waals surface area contributed by atoms with Crippen LogP contribution in [0.5, 0.6) is 0 Å². The third-order valence-electron chi connectivity index (χ3n) is 5.61. The van der Waals surface area contributed by atoms with Crippen molar-refractivity contribution >= 4 is 5.97 Å². The number of unbranched alkanes of at least 4 members (excludes halogenated alkanes) is 19. The monoisotopic (exact) mass is 405 g/mol. The van der Waals surface area contributed by atoms with Crippen LogP contribution in [0.1, 0.15) is 135 Å². The van der Waals surface area contributed by atoms with Crippen LogP contribution < -0.4 is 0 Å². The molecule has 0 fully saturated rings. The maximum Gasteiger partial charge on any atom is 0.348 e. The van der Waals surface area contributed by atoms with Gasteiger partial charge in [0.25, 0.3) is 0 Å². The molecule has 0 aromatic heterocycles. The molecule has 0 N–H and O–H groups in total. The van der Waals surface area contributed by atoms with Crippen LogP contribution in [0.25, 0.3) is 0 Å². The zero-order chi connectivity index (χ0) is 21.4. The van der Waals surface area contributed by atoms with Crippen LogP contribution in [0.4, 0.5) is 0 Å². The van der Waals surface area contributed by atoms with Crippen molar-refractivity contribution in [3.05, 3.63) is 12.2 Å². The molecule has 0 saturated carbocycles. The van der Waals surface area contributed by atoms with Crippen molar-refractivity contribution in [1.29, 1.82) is 5.26 Å². The van der Waals surface area contributed by atoms with E-state index < -0.39 is 5.97 Å². The lowest BCUT2D eigenvalue weighted by molar-refractivity contribution is -0.138. The molecule has 0 aliphatic heterocycles. The molecular weight excluding hydrogens is 358 g/mol. The highest BCUT2D eigenvalue weighted by atomic mass is 16.5. The van der Waals surface area contributed by atoms with Gasteiger partial charge in [-0.15, -0.1) is 0 Å². The number of rotatable bonds is 22. The summed E-state index contributed by atoms with van der Waals surface area (Å²) in [4.78, 5) is 11.2. The van der Waals surface area contributed by atoms with Gasteiger partial charge in [0.15, 0.2) is 0 Å². The normalized spacial score (nSPS) is 10.6. The summed E-state index contributed by atoms with van der Waals surface area (Å²) >= 11 is 0. The second-order valence-electron chi connectivity index (χ2n) is 8.44. The minimum absolute atomic E-state index is 0.113. The van der Waals surface area contributed by atoms with E-state index in [1.807, 2.05) is 0 Å². The van der Waals surface area contributed by atoms with Crippen LogP contribution in [-0.4, -0.2) is 12.6 Å². The lowest BCUT2D eigenvalue weighted by Crippen LogP contribution is -2.06. The molecule has 3 nitrogen and oxygen atoms in total. The van der Waals surface area contributed by atoms with Crippen LogP contribution >= 0.6 is 0 Å². The standard InChI is InChI=1S/C26H47NO2/c1-3-4-5-6-7-8-9-10-11-12-13-14-15-16-17-18-19-20-21-22-23-29-26(28)25(2)24-27/h2-23H2,1H3. The molecule has 168 valence electrons. The fourth-order valence-electron chi connectivity index (χ4n) is 3.65. The number of hydrogen-bond donors (Lipinski definition) is 0. The van der Waals surface area contributed by atoms with Gasteiger partial charge in [0, 0.05) is 0 Å². The average Bonchev–Trinajstić information content (AvgIpc) is 2.74. The molecule has 0 aromatic rings. The predicted molar refractivity (Wildman–Crippen MR) is 124 cm³/mol. The van der Waals surface area contributed by atoms with Crippen LogP contribution in [-0.2, 0) is 9.53 Å². The van der Waals surface area contributed by atoms with Gasteiger partial charge >= 0.3 is 5.97 Å². The molecule has 0 radical (unpaired) electrons. The summed E-state index contributed by atoms with van der Waals surface area (Å²) in [5.41, 5.74) is -0.113. The number of esters is 1. The van der Waals surface area contributed by atoms with Gasteiger partial charge < -0.3 is 4.74 Å². The molecule has 29 heavy (non-hydrogen) atoms. The van der Waals surface area contributed by atoms with Crippen LogP contribution in [0, 0.1) is 11.3 Å². The largest absolute Gasteiger partial charge is 0.462 e. The van der Waals surface area contributed by atoms with Gasteiger partial charge in [-0.3, -0.25) is 0 Å². The zero-order valence-corrected chi connectivity index (χ0v) is 19.3. The average molecular weight is 406 g/mol. The molecule has 0 spiro atoms. The highest BCUT2D eigenvalue weighted by molar-refractivity contribution is 5.91. The first-order valence-electron chi connectivity index (χ1n) is 12.5. The van der Waals surface area contributed by atoms with Crippen molar-refractivity contribution in [3.8, 4) is 6.07 Å². The Morgan fingerprint density at radius 2 is 0.966 bits per heavy atom. The van der Waals surface area contributed by atoms with E-state index in [-0.39, 0.29) is 5.57 Å². The van der Waals surface area contributed by atoms with Crippen molar-refractivity contribution in [2.75, 3.05) is 6.61 Å². The molecule has 3 heteroatoms. The molecule has 0 rings (SSSR count). The van der Waals surface area contributed by atoms with E-state index in [0.717, 1.165) is 12.8 Å². The van der Waals surface area contributed by atoms with Gasteiger partial charge in [0.05, 0.1) is 6.61 Å². The van der Waals surface area contributed by atoms with Crippen molar-refractivity contribution in [2.45, 2.75) is 135 Å². The smallest absolute Gasteiger partial charge is 0.348 e. The molecular formula is C26H47NO2. The summed E-state index contributed by atoms with van der Waals surface area (Å²) in [7, 11) is 0. The number of carbonyl (C=O) groups excluding carboxylic acids is 1. The Bertz CT molecular complexity index is 425. The fraction of sp³-hybridized carbons (Fsp3) is 0.846. The van der Waals surface area contributed by atoms with Crippen LogP contribution in [0.3, 0.4) is 0 Å². The quantitative estimate of drug-likeness (QED) is 0.0785. The van der Waals surface area contributed by atoms with Gasteiger partial charge in [0.2, 0.25) is 0 Å². The summed E-state index contributed by atoms with van der Waals surface area (Å²) in [6, 6.07) is 1.71. The first kappa shape index (κ1) is 27.7. The molecule has 0 aliphatic carbocycles. The first-order chi connectivity index (χ1) is 14.2. The minimum atomic E-state index is -0.578. The van der Waals surface area contributed by atoms with Gasteiger partial charge in [0.1, 0.15) is 11.6 Å². The lowest BCUT2D eigenvalue weighted by atomic mass is 10.0. The van der Waals surface area contributed by atoms with E-state index in [1.165, 1.54) is 116 Å². The second-order valence-corrected chi connectivity index (χ2v) is 8.44. The number of hydrogen-bond acceptors (Lipinski definition) is 3. The zero-order valence-electron chi connectivity index (χ0n) is 19.3. The molecule has 0 aromatic carbocycles. The molecule has 0 saturated heterocycles. The van der Waals surface area contributed by atoms with Gasteiger partial charge in [-0.25, -0.2) is 4.79 Å². The summed E-state index contributed by atoms with van der Waals surface area (Å²) in [6.07, 6.45) is 27.1. The van der Waals surface area contributed by atoms with E-state index in [4.69, 9.17) is 10.00 Å². The summed E-state index contributed by atoms with van der Waals surface area (Å²) in [6.45, 7) is 6.03. The van der Waals surface area contributed by atoms with E-state index in [1.54, 1.807) is 6.07 Å². The van der Waals surface area contributed by atoms with Crippen molar-refractivity contribution in [1.82, 2.24) is 0 Å². The minimum Gasteiger partial charge on any atom is -0.462 e. The maximum absolute atomic E-state index is 11.2. The molecule has 0 aliphatic rings. The van der Waals surface area contributed by atoms with E-state index in [0.29, 0.717) is 6.61 Å². The van der Waals surface area contributed by atoms with Crippen LogP contribution in [0.15, 0.2) is 12.2 Å². The summed E-state index contributed by atoms with van der Waals surface area (Å²) in [5, 5.41) is 8.53. The van der Waals surface area contributed by atoms with Crippen molar-refractivity contribution in [2.24, 2.45) is 0 Å². The molecule has 0 unspecified atom stereocenters. The SMILES string of the molecule is C=C(C#N)C(=O)OCCCCCCCCCCCCCCCCCCCCCC. The van der Waals surface area contributed by atoms with E-state index in [9.17, 15) is 4.79 Å². The van der Waals surface area contributed by atoms with Crippen molar-refractivity contribution in [3.63, 3.8) is 0 Å². The molecule has 0 heterocycles. The third-order valence-corrected chi connectivity index (χ3v) is 5.61. The Morgan fingerprint density at radius 3 is 1.28 bits per heavy atom. The predicted octanol–water partition coefficient (Wildman–Crippen LogP) is 8.43. The highest BCUT2D eigenvalue weighted by Crippen LogP contribution is 2.14. The summed E-state index contributed by atoms with van der Waals surface area (Å²) in [5.74, 6) is -0.578. The molecule has 0 amide bonds. The van der Waals surface area contributed by atoms with Gasteiger partial charge in [-0.05, 0) is 6.42 Å². The van der Waals surface area contributed by atoms with E-state index >= 15 is 0 Å². The number of nitrogens with zero attached hydrogens (tertiary/aromatic N) is 1. The van der Waals surface area contributed by atoms with Crippen LogP contribution in [0.2, 0.25) is 0 Å². The first-order valence-corrected chi connectivity index (χ1v) is 12.5. The van der Waals surface area contributed by atoms with Gasteiger partial charge in [-0.2, -0.15) is 5.26 Å². The number of carbonyl (C=O) groups is 1. The Kier molecular flexibility index (Phi) is 22.0. The number of nitriles is 1. The summed E-state index contributed by atoms with van der Waals surface area (Å²) < 4.78 is 4.97. The Hall–Kier alpha value is -1.30. The molecule has 0 atom stereocenters. The third kappa shape index (κ3) is 21.2. The lowest BCUT2D eigenvalue weighted by Gasteiger charge is -2.04. The topological polar surface area (TPSA) is 50.1 Å². The maximum atomic E-state index is 11.2. The Labute approximate surface area is 181 Å².